The van der Waals surface area contributed by atoms with Gasteiger partial charge in [0.05, 0.1) is 11.6 Å². The molecule has 0 aromatic rings. The van der Waals surface area contributed by atoms with E-state index in [2.05, 4.69) is 11.2 Å². The number of carbonyl (C=O) groups excluding carboxylic acids is 1. The first-order chi connectivity index (χ1) is 4.89. The molecule has 0 aliphatic heterocycles. The minimum absolute atomic E-state index is 0.229. The fourth-order valence-corrected chi connectivity index (χ4v) is 0.458. The van der Waals surface area contributed by atoms with Crippen LogP contribution in [0, 0.1) is 12.3 Å². The molecule has 0 fully saturated rings. The van der Waals surface area contributed by atoms with Crippen LogP contribution >= 0.6 is 0 Å². The van der Waals surface area contributed by atoms with Gasteiger partial charge >= 0.3 is 0 Å². The van der Waals surface area contributed by atoms with Crippen LogP contribution in [0.4, 0.5) is 0 Å². The Morgan fingerprint density at radius 2 is 2.18 bits per heavy atom. The molecule has 0 rings (SSSR count). The fourth-order valence-electron chi connectivity index (χ4n) is 0.458. The molecule has 1 atom stereocenters. The van der Waals surface area contributed by atoms with Crippen molar-refractivity contribution in [2.45, 2.75) is 32.4 Å². The average molecular weight is 154 g/mol. The van der Waals surface area contributed by atoms with Crippen molar-refractivity contribution in [3.8, 4) is 12.3 Å². The van der Waals surface area contributed by atoms with Crippen molar-refractivity contribution >= 4 is 5.91 Å². The molecule has 3 N–H and O–H groups in total. The zero-order valence-corrected chi connectivity index (χ0v) is 7.14. The van der Waals surface area contributed by atoms with E-state index in [1.54, 1.807) is 20.8 Å². The summed E-state index contributed by atoms with van der Waals surface area (Å²) < 4.78 is 0. The molecular weight excluding hydrogens is 140 g/mol. The van der Waals surface area contributed by atoms with Crippen LogP contribution in [0.25, 0.3) is 0 Å². The summed E-state index contributed by atoms with van der Waals surface area (Å²) in [7, 11) is 0. The zero-order chi connectivity index (χ0) is 9.07. The standard InChI is InChI=1S/C8H14N2O/c1-5-8(3,4)10-7(11)6(2)9/h1,6H,9H2,2-4H3,(H,10,11)/t6-/m0/s1. The van der Waals surface area contributed by atoms with Gasteiger partial charge in [0.25, 0.3) is 0 Å². The molecule has 0 saturated carbocycles. The summed E-state index contributed by atoms with van der Waals surface area (Å²) in [6.45, 7) is 5.10. The van der Waals surface area contributed by atoms with Crippen LogP contribution in [-0.2, 0) is 4.79 Å². The van der Waals surface area contributed by atoms with Crippen LogP contribution in [0.15, 0.2) is 0 Å². The van der Waals surface area contributed by atoms with Crippen molar-refractivity contribution in [2.24, 2.45) is 5.73 Å². The molecule has 0 aliphatic carbocycles. The summed E-state index contributed by atoms with van der Waals surface area (Å²) in [4.78, 5) is 11.0. The van der Waals surface area contributed by atoms with Crippen molar-refractivity contribution in [1.29, 1.82) is 0 Å². The topological polar surface area (TPSA) is 55.1 Å². The van der Waals surface area contributed by atoms with Crippen molar-refractivity contribution in [3.63, 3.8) is 0 Å². The maximum absolute atomic E-state index is 11.0. The van der Waals surface area contributed by atoms with Gasteiger partial charge in [0.15, 0.2) is 0 Å². The Bertz CT molecular complexity index is 189. The summed E-state index contributed by atoms with van der Waals surface area (Å²) in [6.07, 6.45) is 5.15. The molecule has 1 amide bonds. The van der Waals surface area contributed by atoms with E-state index in [9.17, 15) is 4.79 Å². The van der Waals surface area contributed by atoms with Gasteiger partial charge in [-0.1, -0.05) is 5.92 Å². The smallest absolute Gasteiger partial charge is 0.237 e. The van der Waals surface area contributed by atoms with E-state index in [1.165, 1.54) is 0 Å². The molecule has 0 radical (unpaired) electrons. The van der Waals surface area contributed by atoms with Gasteiger partial charge in [0, 0.05) is 0 Å². The molecule has 62 valence electrons. The van der Waals surface area contributed by atoms with E-state index < -0.39 is 11.6 Å². The predicted molar refractivity (Wildman–Crippen MR) is 44.7 cm³/mol. The fraction of sp³-hybridized carbons (Fsp3) is 0.625. The Kier molecular flexibility index (Phi) is 3.09. The molecule has 0 aromatic heterocycles. The lowest BCUT2D eigenvalue weighted by Crippen LogP contribution is -2.48. The monoisotopic (exact) mass is 154 g/mol. The third-order valence-corrected chi connectivity index (χ3v) is 1.21. The van der Waals surface area contributed by atoms with Gasteiger partial charge in [-0.15, -0.1) is 6.42 Å². The molecule has 0 heterocycles. The van der Waals surface area contributed by atoms with Gasteiger partial charge in [-0.25, -0.2) is 0 Å². The molecule has 0 aliphatic rings. The van der Waals surface area contributed by atoms with Gasteiger partial charge in [-0.3, -0.25) is 4.79 Å². The first-order valence-corrected chi connectivity index (χ1v) is 3.44. The molecule has 0 aromatic carbocycles. The first-order valence-electron chi connectivity index (χ1n) is 3.44. The number of rotatable bonds is 2. The van der Waals surface area contributed by atoms with E-state index in [-0.39, 0.29) is 5.91 Å². The van der Waals surface area contributed by atoms with Crippen LogP contribution in [0.3, 0.4) is 0 Å². The number of nitrogens with one attached hydrogen (secondary N) is 1. The summed E-state index contributed by atoms with van der Waals surface area (Å²) >= 11 is 0. The molecule has 0 bridgehead atoms. The van der Waals surface area contributed by atoms with Crippen LogP contribution in [0.2, 0.25) is 0 Å². The minimum Gasteiger partial charge on any atom is -0.339 e. The van der Waals surface area contributed by atoms with Crippen LogP contribution < -0.4 is 11.1 Å². The van der Waals surface area contributed by atoms with Crippen molar-refractivity contribution in [2.75, 3.05) is 0 Å². The number of amides is 1. The maximum Gasteiger partial charge on any atom is 0.237 e. The van der Waals surface area contributed by atoms with E-state index in [0.717, 1.165) is 0 Å². The summed E-state index contributed by atoms with van der Waals surface area (Å²) in [5.41, 5.74) is 4.71. The highest BCUT2D eigenvalue weighted by molar-refractivity contribution is 5.82. The average Bonchev–Trinajstić information content (AvgIpc) is 1.87. The number of carbonyl (C=O) groups is 1. The van der Waals surface area contributed by atoms with Gasteiger partial charge in [-0.05, 0) is 20.8 Å². The van der Waals surface area contributed by atoms with Crippen molar-refractivity contribution in [3.05, 3.63) is 0 Å². The second kappa shape index (κ2) is 3.40. The predicted octanol–water partition coefficient (Wildman–Crippen LogP) is -0.138. The minimum atomic E-state index is -0.606. The van der Waals surface area contributed by atoms with E-state index in [1.807, 2.05) is 0 Å². The lowest BCUT2D eigenvalue weighted by atomic mass is 10.1. The number of terminal acetylenes is 1. The second-order valence-corrected chi connectivity index (χ2v) is 3.05. The first kappa shape index (κ1) is 9.99. The lowest BCUT2D eigenvalue weighted by molar-refractivity contribution is -0.123. The number of nitrogens with two attached hydrogens (primary N) is 1. The number of hydrogen-bond acceptors (Lipinski definition) is 2. The highest BCUT2D eigenvalue weighted by atomic mass is 16.2. The molecule has 3 heteroatoms. The SMILES string of the molecule is C#CC(C)(C)NC(=O)[C@H](C)N. The summed E-state index contributed by atoms with van der Waals surface area (Å²) in [5, 5.41) is 2.61. The Hall–Kier alpha value is -1.01. The third kappa shape index (κ3) is 3.64. The Morgan fingerprint density at radius 1 is 1.73 bits per heavy atom. The largest absolute Gasteiger partial charge is 0.339 e. The van der Waals surface area contributed by atoms with Crippen LogP contribution in [0.1, 0.15) is 20.8 Å². The van der Waals surface area contributed by atoms with Crippen LogP contribution in [-0.4, -0.2) is 17.5 Å². The molecule has 0 spiro atoms. The second-order valence-electron chi connectivity index (χ2n) is 3.05. The Labute approximate surface area is 67.3 Å². The number of hydrogen-bond donors (Lipinski definition) is 2. The zero-order valence-electron chi connectivity index (χ0n) is 7.14. The highest BCUT2D eigenvalue weighted by Crippen LogP contribution is 1.98. The Morgan fingerprint density at radius 3 is 2.45 bits per heavy atom. The van der Waals surface area contributed by atoms with Gasteiger partial charge < -0.3 is 11.1 Å². The van der Waals surface area contributed by atoms with Gasteiger partial charge in [0.2, 0.25) is 5.91 Å². The van der Waals surface area contributed by atoms with Crippen molar-refractivity contribution < 1.29 is 4.79 Å². The Balaban J connectivity index is 4.08. The van der Waals surface area contributed by atoms with Gasteiger partial charge in [0.1, 0.15) is 0 Å². The lowest BCUT2D eigenvalue weighted by Gasteiger charge is -2.20. The highest BCUT2D eigenvalue weighted by Gasteiger charge is 2.18. The quantitative estimate of drug-likeness (QED) is 0.544. The molecule has 0 unspecified atom stereocenters. The third-order valence-electron chi connectivity index (χ3n) is 1.21. The van der Waals surface area contributed by atoms with Gasteiger partial charge in [-0.2, -0.15) is 0 Å². The van der Waals surface area contributed by atoms with E-state index >= 15 is 0 Å². The maximum atomic E-state index is 11.0. The normalized spacial score (nSPS) is 13.4. The molecule has 3 nitrogen and oxygen atoms in total. The summed E-state index contributed by atoms with van der Waals surface area (Å²) in [6, 6.07) is -0.511. The molecular formula is C8H14N2O. The van der Waals surface area contributed by atoms with Crippen LogP contribution in [0.5, 0.6) is 0 Å². The van der Waals surface area contributed by atoms with Crippen molar-refractivity contribution in [1.82, 2.24) is 5.32 Å². The molecule has 11 heavy (non-hydrogen) atoms. The van der Waals surface area contributed by atoms with E-state index in [4.69, 9.17) is 12.2 Å². The molecule has 0 saturated heterocycles. The van der Waals surface area contributed by atoms with E-state index in [0.29, 0.717) is 0 Å². The summed E-state index contributed by atoms with van der Waals surface area (Å²) in [5.74, 6) is 2.21.